The van der Waals surface area contributed by atoms with Gasteiger partial charge in [0.1, 0.15) is 6.61 Å². The maximum atomic E-state index is 11.0. The predicted molar refractivity (Wildman–Crippen MR) is 50.8 cm³/mol. The predicted octanol–water partition coefficient (Wildman–Crippen LogP) is 0.804. The number of esters is 1. The Kier molecular flexibility index (Phi) is 6.19. The zero-order valence-corrected chi connectivity index (χ0v) is 8.49. The Morgan fingerprint density at radius 1 is 1.43 bits per heavy atom. The number of rotatable bonds is 5. The van der Waals surface area contributed by atoms with Crippen molar-refractivity contribution in [2.75, 3.05) is 26.8 Å². The molecule has 0 aliphatic heterocycles. The van der Waals surface area contributed by atoms with Crippen molar-refractivity contribution in [2.24, 2.45) is 0 Å². The molecule has 0 atom stereocenters. The zero-order valence-electron chi connectivity index (χ0n) is 8.49. The third-order valence-electron chi connectivity index (χ3n) is 1.42. The molecule has 0 aliphatic rings. The molecule has 0 aromatic rings. The van der Waals surface area contributed by atoms with Crippen molar-refractivity contribution in [3.8, 4) is 0 Å². The highest BCUT2D eigenvalue weighted by atomic mass is 16.6. The number of carbonyl (C=O) groups is 2. The number of amides is 1. The second-order valence-corrected chi connectivity index (χ2v) is 2.49. The summed E-state index contributed by atoms with van der Waals surface area (Å²) >= 11 is 0. The fourth-order valence-corrected chi connectivity index (χ4v) is 0.667. The SMILES string of the molecule is C=CC(=O)OCCN(C)C(=O)OCC. The maximum Gasteiger partial charge on any atom is 0.409 e. The van der Waals surface area contributed by atoms with Gasteiger partial charge in [-0.2, -0.15) is 0 Å². The lowest BCUT2D eigenvalue weighted by Gasteiger charge is -2.15. The first kappa shape index (κ1) is 12.5. The van der Waals surface area contributed by atoms with E-state index in [0.29, 0.717) is 13.2 Å². The van der Waals surface area contributed by atoms with Crippen LogP contribution < -0.4 is 0 Å². The Balaban J connectivity index is 3.62. The van der Waals surface area contributed by atoms with Crippen molar-refractivity contribution >= 4 is 12.1 Å². The van der Waals surface area contributed by atoms with Gasteiger partial charge in [0.05, 0.1) is 13.2 Å². The van der Waals surface area contributed by atoms with Gasteiger partial charge in [-0.3, -0.25) is 0 Å². The summed E-state index contributed by atoms with van der Waals surface area (Å²) < 4.78 is 9.40. The fourth-order valence-electron chi connectivity index (χ4n) is 0.667. The molecular formula is C9H15NO4. The average molecular weight is 201 g/mol. The molecule has 0 bridgehead atoms. The number of carbonyl (C=O) groups excluding carboxylic acids is 2. The van der Waals surface area contributed by atoms with Crippen LogP contribution in [-0.4, -0.2) is 43.8 Å². The van der Waals surface area contributed by atoms with E-state index >= 15 is 0 Å². The van der Waals surface area contributed by atoms with E-state index < -0.39 is 12.1 Å². The molecule has 1 amide bonds. The molecule has 0 radical (unpaired) electrons. The largest absolute Gasteiger partial charge is 0.461 e. The van der Waals surface area contributed by atoms with Crippen LogP contribution in [0.2, 0.25) is 0 Å². The molecule has 0 fully saturated rings. The Morgan fingerprint density at radius 3 is 2.57 bits per heavy atom. The van der Waals surface area contributed by atoms with Crippen molar-refractivity contribution < 1.29 is 19.1 Å². The van der Waals surface area contributed by atoms with Crippen LogP contribution in [0.15, 0.2) is 12.7 Å². The van der Waals surface area contributed by atoms with Gasteiger partial charge in [0, 0.05) is 13.1 Å². The van der Waals surface area contributed by atoms with Gasteiger partial charge in [0.2, 0.25) is 0 Å². The van der Waals surface area contributed by atoms with Crippen LogP contribution >= 0.6 is 0 Å². The molecule has 14 heavy (non-hydrogen) atoms. The lowest BCUT2D eigenvalue weighted by molar-refractivity contribution is -0.138. The van der Waals surface area contributed by atoms with Crippen LogP contribution in [0.3, 0.4) is 0 Å². The molecular weight excluding hydrogens is 186 g/mol. The van der Waals surface area contributed by atoms with Gasteiger partial charge in [-0.15, -0.1) is 0 Å². The van der Waals surface area contributed by atoms with Gasteiger partial charge in [-0.1, -0.05) is 6.58 Å². The molecule has 0 saturated carbocycles. The summed E-state index contributed by atoms with van der Waals surface area (Å²) in [5, 5.41) is 0. The molecule has 0 unspecified atom stereocenters. The first-order chi connectivity index (χ1) is 6.61. The first-order valence-electron chi connectivity index (χ1n) is 4.28. The number of hydrogen-bond acceptors (Lipinski definition) is 4. The van der Waals surface area contributed by atoms with E-state index in [9.17, 15) is 9.59 Å². The van der Waals surface area contributed by atoms with Crippen LogP contribution in [0.5, 0.6) is 0 Å². The van der Waals surface area contributed by atoms with Crippen molar-refractivity contribution in [1.82, 2.24) is 4.90 Å². The summed E-state index contributed by atoms with van der Waals surface area (Å²) in [6.07, 6.45) is 0.645. The number of ether oxygens (including phenoxy) is 2. The highest BCUT2D eigenvalue weighted by molar-refractivity contribution is 5.81. The molecule has 0 rings (SSSR count). The summed E-state index contributed by atoms with van der Waals surface area (Å²) in [6.45, 7) is 5.74. The van der Waals surface area contributed by atoms with Gasteiger partial charge < -0.3 is 14.4 Å². The van der Waals surface area contributed by atoms with E-state index in [4.69, 9.17) is 4.74 Å². The lowest BCUT2D eigenvalue weighted by Crippen LogP contribution is -2.31. The van der Waals surface area contributed by atoms with E-state index in [1.54, 1.807) is 14.0 Å². The first-order valence-corrected chi connectivity index (χ1v) is 4.28. The monoisotopic (exact) mass is 201 g/mol. The minimum absolute atomic E-state index is 0.139. The van der Waals surface area contributed by atoms with Crippen molar-refractivity contribution in [1.29, 1.82) is 0 Å². The smallest absolute Gasteiger partial charge is 0.409 e. The van der Waals surface area contributed by atoms with E-state index in [1.165, 1.54) is 4.90 Å². The molecule has 0 aromatic heterocycles. The minimum atomic E-state index is -0.498. The van der Waals surface area contributed by atoms with Crippen LogP contribution in [0.4, 0.5) is 4.79 Å². The molecule has 5 heteroatoms. The zero-order chi connectivity index (χ0) is 11.0. The Hall–Kier alpha value is -1.52. The average Bonchev–Trinajstić information content (AvgIpc) is 2.17. The standard InChI is InChI=1S/C9H15NO4/c1-4-8(11)14-7-6-10(3)9(12)13-5-2/h4H,1,5-7H2,2-3H3. The fraction of sp³-hybridized carbons (Fsp3) is 0.556. The second-order valence-electron chi connectivity index (χ2n) is 2.49. The van der Waals surface area contributed by atoms with Crippen LogP contribution in [0.25, 0.3) is 0 Å². The molecule has 0 heterocycles. The molecule has 0 saturated heterocycles. The van der Waals surface area contributed by atoms with Gasteiger partial charge in [-0.05, 0) is 6.92 Å². The Labute approximate surface area is 83.3 Å². The van der Waals surface area contributed by atoms with Crippen LogP contribution in [0, 0.1) is 0 Å². The second kappa shape index (κ2) is 6.94. The van der Waals surface area contributed by atoms with Gasteiger partial charge in [-0.25, -0.2) is 9.59 Å². The molecule has 5 nitrogen and oxygen atoms in total. The summed E-state index contributed by atoms with van der Waals surface area (Å²) in [5.41, 5.74) is 0. The number of likely N-dealkylation sites (N-methyl/N-ethyl adjacent to an activating group) is 1. The van der Waals surface area contributed by atoms with Crippen molar-refractivity contribution in [2.45, 2.75) is 6.92 Å². The molecule has 0 spiro atoms. The summed E-state index contributed by atoms with van der Waals surface area (Å²) in [4.78, 5) is 23.0. The van der Waals surface area contributed by atoms with Crippen molar-refractivity contribution in [3.63, 3.8) is 0 Å². The Bertz CT molecular complexity index is 215. The normalized spacial score (nSPS) is 9.00. The summed E-state index contributed by atoms with van der Waals surface area (Å²) in [5.74, 6) is -0.498. The van der Waals surface area contributed by atoms with E-state index in [2.05, 4.69) is 11.3 Å². The highest BCUT2D eigenvalue weighted by Gasteiger charge is 2.08. The van der Waals surface area contributed by atoms with E-state index in [-0.39, 0.29) is 6.61 Å². The molecule has 80 valence electrons. The van der Waals surface area contributed by atoms with E-state index in [0.717, 1.165) is 6.08 Å². The molecule has 0 aliphatic carbocycles. The topological polar surface area (TPSA) is 55.8 Å². The third kappa shape index (κ3) is 5.18. The minimum Gasteiger partial charge on any atom is -0.461 e. The highest BCUT2D eigenvalue weighted by Crippen LogP contribution is 1.90. The van der Waals surface area contributed by atoms with Crippen molar-refractivity contribution in [3.05, 3.63) is 12.7 Å². The number of nitrogens with zero attached hydrogens (tertiary/aromatic N) is 1. The third-order valence-corrected chi connectivity index (χ3v) is 1.42. The number of hydrogen-bond donors (Lipinski definition) is 0. The van der Waals surface area contributed by atoms with Gasteiger partial charge in [0.15, 0.2) is 0 Å². The molecule has 0 N–H and O–H groups in total. The lowest BCUT2D eigenvalue weighted by atomic mass is 10.6. The summed E-state index contributed by atoms with van der Waals surface area (Å²) in [6, 6.07) is 0. The van der Waals surface area contributed by atoms with Crippen LogP contribution in [0.1, 0.15) is 6.92 Å². The van der Waals surface area contributed by atoms with E-state index in [1.807, 2.05) is 0 Å². The maximum absolute atomic E-state index is 11.0. The quantitative estimate of drug-likeness (QED) is 0.487. The molecule has 0 aromatic carbocycles. The summed E-state index contributed by atoms with van der Waals surface area (Å²) in [7, 11) is 1.57. The van der Waals surface area contributed by atoms with Gasteiger partial charge >= 0.3 is 12.1 Å². The van der Waals surface area contributed by atoms with Crippen LogP contribution in [-0.2, 0) is 14.3 Å². The van der Waals surface area contributed by atoms with Gasteiger partial charge in [0.25, 0.3) is 0 Å². The Morgan fingerprint density at radius 2 is 2.07 bits per heavy atom.